The van der Waals surface area contributed by atoms with Crippen LogP contribution in [0.1, 0.15) is 27.2 Å². The third-order valence-electron chi connectivity index (χ3n) is 7.87. The lowest BCUT2D eigenvalue weighted by Gasteiger charge is -2.33. The first-order valence-corrected chi connectivity index (χ1v) is 14.9. The van der Waals surface area contributed by atoms with Gasteiger partial charge in [0, 0.05) is 23.1 Å². The van der Waals surface area contributed by atoms with E-state index in [4.69, 9.17) is 4.74 Å². The summed E-state index contributed by atoms with van der Waals surface area (Å²) in [6.45, 7) is 4.73. The van der Waals surface area contributed by atoms with Crippen LogP contribution in [0.5, 0.6) is 5.75 Å². The Labute approximate surface area is 267 Å². The monoisotopic (exact) mass is 622 g/mol. The average Bonchev–Trinajstić information content (AvgIpc) is 3.10. The van der Waals surface area contributed by atoms with Crippen LogP contribution in [0.4, 0.5) is 32.8 Å². The standard InChI is InChI=1S/C36H35FN4O5/c1-24(2)40(28-17-19-29(46-4)20-18-28)33(43)23-39-30-15-8-9-16-31(30)41(27-13-6-5-7-14-27)35(45)36(3,34(39)44)22-32(42)38-26-12-10-11-25(37)21-26/h5-21,24H,22-23H2,1-4H3,(H,38,42). The minimum absolute atomic E-state index is 0.185. The number of nitrogens with one attached hydrogen (secondary N) is 1. The van der Waals surface area contributed by atoms with Crippen LogP contribution in [0.15, 0.2) is 103 Å². The first kappa shape index (κ1) is 31.9. The molecule has 0 fully saturated rings. The molecule has 1 heterocycles. The van der Waals surface area contributed by atoms with Crippen molar-refractivity contribution in [3.8, 4) is 5.75 Å². The molecule has 0 aliphatic carbocycles. The molecule has 4 amide bonds. The topological polar surface area (TPSA) is 99.3 Å². The zero-order valence-electron chi connectivity index (χ0n) is 26.1. The lowest BCUT2D eigenvalue weighted by Crippen LogP contribution is -2.53. The fourth-order valence-corrected chi connectivity index (χ4v) is 5.65. The number of fused-ring (bicyclic) bond motifs is 1. The van der Waals surface area contributed by atoms with E-state index in [1.54, 1.807) is 90.9 Å². The number of carbonyl (C=O) groups excluding carboxylic acids is 4. The van der Waals surface area contributed by atoms with Gasteiger partial charge in [-0.1, -0.05) is 36.4 Å². The van der Waals surface area contributed by atoms with E-state index < -0.39 is 47.8 Å². The highest BCUT2D eigenvalue weighted by atomic mass is 19.1. The van der Waals surface area contributed by atoms with Gasteiger partial charge in [-0.05, 0) is 87.5 Å². The number of methoxy groups -OCH3 is 1. The van der Waals surface area contributed by atoms with E-state index in [0.717, 1.165) is 6.07 Å². The molecule has 0 aromatic heterocycles. The van der Waals surface area contributed by atoms with Crippen LogP contribution in [-0.2, 0) is 19.2 Å². The number of hydrogen-bond acceptors (Lipinski definition) is 5. The third kappa shape index (κ3) is 6.32. The van der Waals surface area contributed by atoms with Crippen molar-refractivity contribution < 1.29 is 28.3 Å². The number of nitrogens with zero attached hydrogens (tertiary/aromatic N) is 3. The normalized spacial score (nSPS) is 16.1. The lowest BCUT2D eigenvalue weighted by molar-refractivity contribution is -0.142. The second-order valence-corrected chi connectivity index (χ2v) is 11.5. The summed E-state index contributed by atoms with van der Waals surface area (Å²) < 4.78 is 19.1. The largest absolute Gasteiger partial charge is 0.497 e. The minimum atomic E-state index is -1.95. The molecule has 4 aromatic rings. The van der Waals surface area contributed by atoms with Crippen molar-refractivity contribution in [3.63, 3.8) is 0 Å². The molecule has 1 aliphatic rings. The Balaban J connectivity index is 1.59. The minimum Gasteiger partial charge on any atom is -0.497 e. The molecule has 5 rings (SSSR count). The number of halogens is 1. The van der Waals surface area contributed by atoms with Gasteiger partial charge in [0.05, 0.1) is 24.9 Å². The van der Waals surface area contributed by atoms with Gasteiger partial charge in [0.2, 0.25) is 23.6 Å². The molecule has 236 valence electrons. The van der Waals surface area contributed by atoms with E-state index in [1.165, 1.54) is 34.9 Å². The molecular formula is C36H35FN4O5. The number of rotatable bonds is 9. The molecule has 10 heteroatoms. The van der Waals surface area contributed by atoms with Crippen molar-refractivity contribution >= 4 is 52.1 Å². The summed E-state index contributed by atoms with van der Waals surface area (Å²) in [6.07, 6.45) is -0.560. The van der Waals surface area contributed by atoms with Crippen LogP contribution in [0, 0.1) is 11.2 Å². The molecule has 1 aliphatic heterocycles. The fourth-order valence-electron chi connectivity index (χ4n) is 5.65. The maximum atomic E-state index is 14.7. The van der Waals surface area contributed by atoms with Gasteiger partial charge in [0.15, 0.2) is 0 Å². The van der Waals surface area contributed by atoms with Crippen LogP contribution in [-0.4, -0.2) is 43.3 Å². The van der Waals surface area contributed by atoms with Crippen LogP contribution < -0.4 is 24.8 Å². The summed E-state index contributed by atoms with van der Waals surface area (Å²) in [6, 6.07) is 27.7. The summed E-state index contributed by atoms with van der Waals surface area (Å²) in [5.74, 6) is -2.34. The number of ether oxygens (including phenoxy) is 1. The Hall–Kier alpha value is -5.51. The van der Waals surface area contributed by atoms with Gasteiger partial charge in [-0.2, -0.15) is 0 Å². The first-order chi connectivity index (χ1) is 22.0. The first-order valence-electron chi connectivity index (χ1n) is 14.9. The Morgan fingerprint density at radius 1 is 0.870 bits per heavy atom. The number of amides is 4. The number of para-hydroxylation sites is 3. The maximum Gasteiger partial charge on any atom is 0.247 e. The van der Waals surface area contributed by atoms with Crippen molar-refractivity contribution in [2.75, 3.05) is 33.7 Å². The second-order valence-electron chi connectivity index (χ2n) is 11.5. The van der Waals surface area contributed by atoms with Gasteiger partial charge >= 0.3 is 0 Å². The highest BCUT2D eigenvalue weighted by Crippen LogP contribution is 2.44. The van der Waals surface area contributed by atoms with Crippen LogP contribution in [0.2, 0.25) is 0 Å². The lowest BCUT2D eigenvalue weighted by atomic mass is 9.83. The van der Waals surface area contributed by atoms with E-state index in [0.29, 0.717) is 28.5 Å². The summed E-state index contributed by atoms with van der Waals surface area (Å²) in [5.41, 5.74) is 0.0510. The molecular weight excluding hydrogens is 587 g/mol. The van der Waals surface area contributed by atoms with Crippen molar-refractivity contribution in [2.24, 2.45) is 5.41 Å². The quantitative estimate of drug-likeness (QED) is 0.220. The summed E-state index contributed by atoms with van der Waals surface area (Å²) >= 11 is 0. The smallest absolute Gasteiger partial charge is 0.247 e. The second kappa shape index (κ2) is 13.2. The van der Waals surface area contributed by atoms with Gasteiger partial charge in [0.1, 0.15) is 23.5 Å². The maximum absolute atomic E-state index is 14.7. The fraction of sp³-hybridized carbons (Fsp3) is 0.222. The van der Waals surface area contributed by atoms with Crippen molar-refractivity contribution in [3.05, 3.63) is 109 Å². The van der Waals surface area contributed by atoms with E-state index in [1.807, 2.05) is 13.8 Å². The van der Waals surface area contributed by atoms with Crippen LogP contribution >= 0.6 is 0 Å². The number of anilines is 5. The van der Waals surface area contributed by atoms with Crippen molar-refractivity contribution in [1.29, 1.82) is 0 Å². The van der Waals surface area contributed by atoms with Gasteiger partial charge in [0.25, 0.3) is 0 Å². The SMILES string of the molecule is COc1ccc(N(C(=O)CN2C(=O)C(C)(CC(=O)Nc3cccc(F)c3)C(=O)N(c3ccccc3)c3ccccc32)C(C)C)cc1. The van der Waals surface area contributed by atoms with Gasteiger partial charge in [-0.3, -0.25) is 29.0 Å². The molecule has 0 saturated heterocycles. The Morgan fingerprint density at radius 2 is 1.52 bits per heavy atom. The Morgan fingerprint density at radius 3 is 2.15 bits per heavy atom. The summed E-state index contributed by atoms with van der Waals surface area (Å²) in [4.78, 5) is 61.0. The van der Waals surface area contributed by atoms with Gasteiger partial charge < -0.3 is 15.0 Å². The van der Waals surface area contributed by atoms with Crippen LogP contribution in [0.25, 0.3) is 0 Å². The molecule has 0 radical (unpaired) electrons. The zero-order valence-corrected chi connectivity index (χ0v) is 26.1. The molecule has 0 saturated carbocycles. The van der Waals surface area contributed by atoms with Crippen molar-refractivity contribution in [1.82, 2.24) is 0 Å². The number of benzene rings is 4. The number of carbonyl (C=O) groups is 4. The summed E-state index contributed by atoms with van der Waals surface area (Å²) in [7, 11) is 1.55. The molecule has 9 nitrogen and oxygen atoms in total. The van der Waals surface area contributed by atoms with Crippen LogP contribution in [0.3, 0.4) is 0 Å². The Kier molecular flexibility index (Phi) is 9.18. The predicted octanol–water partition coefficient (Wildman–Crippen LogP) is 6.32. The van der Waals surface area contributed by atoms with E-state index in [2.05, 4.69) is 5.32 Å². The molecule has 46 heavy (non-hydrogen) atoms. The molecule has 1 N–H and O–H groups in total. The van der Waals surface area contributed by atoms with Gasteiger partial charge in [-0.15, -0.1) is 0 Å². The van der Waals surface area contributed by atoms with E-state index in [-0.39, 0.29) is 11.7 Å². The zero-order chi connectivity index (χ0) is 33.0. The molecule has 1 unspecified atom stereocenters. The molecule has 0 bridgehead atoms. The third-order valence-corrected chi connectivity index (χ3v) is 7.87. The predicted molar refractivity (Wildman–Crippen MR) is 176 cm³/mol. The van der Waals surface area contributed by atoms with Crippen molar-refractivity contribution in [2.45, 2.75) is 33.2 Å². The van der Waals surface area contributed by atoms with E-state index >= 15 is 0 Å². The molecule has 0 spiro atoms. The highest BCUT2D eigenvalue weighted by Gasteiger charge is 2.52. The van der Waals surface area contributed by atoms with Gasteiger partial charge in [-0.25, -0.2) is 4.39 Å². The highest BCUT2D eigenvalue weighted by molar-refractivity contribution is 6.25. The molecule has 4 aromatic carbocycles. The van der Waals surface area contributed by atoms with E-state index in [9.17, 15) is 23.6 Å². The summed E-state index contributed by atoms with van der Waals surface area (Å²) in [5, 5.41) is 2.61. The number of hydrogen-bond donors (Lipinski definition) is 1. The average molecular weight is 623 g/mol. The molecule has 1 atom stereocenters. The Bertz CT molecular complexity index is 1760.